The highest BCUT2D eigenvalue weighted by atomic mass is 15.0. The van der Waals surface area contributed by atoms with Crippen molar-refractivity contribution in [1.82, 2.24) is 4.57 Å². The highest BCUT2D eigenvalue weighted by molar-refractivity contribution is 5.83. The number of para-hydroxylation sites is 1. The van der Waals surface area contributed by atoms with Crippen LogP contribution in [0.3, 0.4) is 0 Å². The Hall–Kier alpha value is -1.28. The molecule has 0 spiro atoms. The molecule has 19 heavy (non-hydrogen) atoms. The zero-order valence-corrected chi connectivity index (χ0v) is 12.1. The van der Waals surface area contributed by atoms with Crippen LogP contribution < -0.4 is 5.73 Å². The summed E-state index contributed by atoms with van der Waals surface area (Å²) in [4.78, 5) is 0. The molecule has 1 aromatic carbocycles. The van der Waals surface area contributed by atoms with E-state index in [9.17, 15) is 0 Å². The van der Waals surface area contributed by atoms with E-state index in [0.29, 0.717) is 0 Å². The maximum Gasteiger partial charge on any atom is 0.0483 e. The molecule has 0 aliphatic carbocycles. The maximum atomic E-state index is 5.59. The fourth-order valence-electron chi connectivity index (χ4n) is 2.70. The SMILES string of the molecule is CCCCCn1cc(CCCCN)c2ccccc21. The highest BCUT2D eigenvalue weighted by Crippen LogP contribution is 2.23. The van der Waals surface area contributed by atoms with Crippen LogP contribution in [-0.2, 0) is 13.0 Å². The first-order valence-corrected chi connectivity index (χ1v) is 7.63. The average Bonchev–Trinajstić information content (AvgIpc) is 2.79. The molecule has 2 N–H and O–H groups in total. The first kappa shape index (κ1) is 14.1. The lowest BCUT2D eigenvalue weighted by molar-refractivity contribution is 0.614. The molecule has 0 aliphatic rings. The standard InChI is InChI=1S/C17H26N2/c1-2-3-8-13-19-14-15(9-6-7-12-18)16-10-4-5-11-17(16)19/h4-5,10-11,14H,2-3,6-9,12-13,18H2,1H3. The van der Waals surface area contributed by atoms with Gasteiger partial charge in [-0.15, -0.1) is 0 Å². The van der Waals surface area contributed by atoms with Crippen LogP contribution in [0, 0.1) is 0 Å². The third-order valence-corrected chi connectivity index (χ3v) is 3.77. The molecule has 2 nitrogen and oxygen atoms in total. The minimum absolute atomic E-state index is 0.801. The predicted molar refractivity (Wildman–Crippen MR) is 83.5 cm³/mol. The van der Waals surface area contributed by atoms with E-state index in [1.54, 1.807) is 0 Å². The number of hydrogen-bond acceptors (Lipinski definition) is 1. The van der Waals surface area contributed by atoms with Gasteiger partial charge in [0, 0.05) is 23.6 Å². The van der Waals surface area contributed by atoms with Crippen LogP contribution in [0.5, 0.6) is 0 Å². The monoisotopic (exact) mass is 258 g/mol. The smallest absolute Gasteiger partial charge is 0.0483 e. The normalized spacial score (nSPS) is 11.3. The summed E-state index contributed by atoms with van der Waals surface area (Å²) in [7, 11) is 0. The summed E-state index contributed by atoms with van der Waals surface area (Å²) in [6, 6.07) is 8.78. The quantitative estimate of drug-likeness (QED) is 0.710. The molecular weight excluding hydrogens is 232 g/mol. The van der Waals surface area contributed by atoms with Crippen LogP contribution in [0.2, 0.25) is 0 Å². The second kappa shape index (κ2) is 7.34. The van der Waals surface area contributed by atoms with Crippen molar-refractivity contribution in [3.63, 3.8) is 0 Å². The lowest BCUT2D eigenvalue weighted by Gasteiger charge is -2.03. The lowest BCUT2D eigenvalue weighted by atomic mass is 10.1. The van der Waals surface area contributed by atoms with Gasteiger partial charge >= 0.3 is 0 Å². The minimum Gasteiger partial charge on any atom is -0.347 e. The van der Waals surface area contributed by atoms with E-state index in [-0.39, 0.29) is 0 Å². The number of rotatable bonds is 8. The van der Waals surface area contributed by atoms with Crippen LogP contribution in [0.25, 0.3) is 10.9 Å². The summed E-state index contributed by atoms with van der Waals surface area (Å²) >= 11 is 0. The molecule has 1 aromatic heterocycles. The Labute approximate surface area is 116 Å². The van der Waals surface area contributed by atoms with Gasteiger partial charge in [0.15, 0.2) is 0 Å². The minimum atomic E-state index is 0.801. The van der Waals surface area contributed by atoms with Gasteiger partial charge < -0.3 is 10.3 Å². The van der Waals surface area contributed by atoms with Crippen LogP contribution in [0.15, 0.2) is 30.5 Å². The van der Waals surface area contributed by atoms with E-state index < -0.39 is 0 Å². The highest BCUT2D eigenvalue weighted by Gasteiger charge is 2.07. The molecule has 0 fully saturated rings. The molecule has 0 aliphatic heterocycles. The van der Waals surface area contributed by atoms with Crippen molar-refractivity contribution in [2.45, 2.75) is 52.0 Å². The Morgan fingerprint density at radius 1 is 1.05 bits per heavy atom. The van der Waals surface area contributed by atoms with Crippen LogP contribution in [0.1, 0.15) is 44.6 Å². The molecule has 0 unspecified atom stereocenters. The van der Waals surface area contributed by atoms with Crippen LogP contribution in [0.4, 0.5) is 0 Å². The van der Waals surface area contributed by atoms with E-state index in [0.717, 1.165) is 25.9 Å². The second-order valence-electron chi connectivity index (χ2n) is 5.32. The summed E-state index contributed by atoms with van der Waals surface area (Å²) in [6.45, 7) is 4.20. The molecule has 0 radical (unpaired) electrons. The number of unbranched alkanes of at least 4 members (excludes halogenated alkanes) is 3. The first-order valence-electron chi connectivity index (χ1n) is 7.63. The van der Waals surface area contributed by atoms with Gasteiger partial charge in [-0.3, -0.25) is 0 Å². The molecule has 0 saturated heterocycles. The number of fused-ring (bicyclic) bond motifs is 1. The third kappa shape index (κ3) is 3.60. The fourth-order valence-corrected chi connectivity index (χ4v) is 2.70. The topological polar surface area (TPSA) is 30.9 Å². The largest absolute Gasteiger partial charge is 0.347 e. The number of aryl methyl sites for hydroxylation is 2. The summed E-state index contributed by atoms with van der Waals surface area (Å²) in [5, 5.41) is 1.43. The molecular formula is C17H26N2. The van der Waals surface area contributed by atoms with Crippen LogP contribution >= 0.6 is 0 Å². The van der Waals surface area contributed by atoms with Crippen molar-refractivity contribution in [3.05, 3.63) is 36.0 Å². The van der Waals surface area contributed by atoms with Crippen molar-refractivity contribution >= 4 is 10.9 Å². The van der Waals surface area contributed by atoms with Gasteiger partial charge in [-0.1, -0.05) is 38.0 Å². The second-order valence-corrected chi connectivity index (χ2v) is 5.32. The number of nitrogens with zero attached hydrogens (tertiary/aromatic N) is 1. The molecule has 104 valence electrons. The third-order valence-electron chi connectivity index (χ3n) is 3.77. The zero-order chi connectivity index (χ0) is 13.5. The van der Waals surface area contributed by atoms with Crippen molar-refractivity contribution in [2.24, 2.45) is 5.73 Å². The van der Waals surface area contributed by atoms with E-state index in [1.807, 2.05) is 0 Å². The molecule has 2 aromatic rings. The Kier molecular flexibility index (Phi) is 5.46. The number of benzene rings is 1. The Morgan fingerprint density at radius 3 is 2.68 bits per heavy atom. The van der Waals surface area contributed by atoms with Crippen LogP contribution in [-0.4, -0.2) is 11.1 Å². The van der Waals surface area contributed by atoms with Crippen molar-refractivity contribution in [2.75, 3.05) is 6.54 Å². The zero-order valence-electron chi connectivity index (χ0n) is 12.1. The molecule has 1 heterocycles. The Morgan fingerprint density at radius 2 is 1.89 bits per heavy atom. The van der Waals surface area contributed by atoms with Gasteiger partial charge in [-0.2, -0.15) is 0 Å². The van der Waals surface area contributed by atoms with Crippen molar-refractivity contribution in [3.8, 4) is 0 Å². The van der Waals surface area contributed by atoms with Crippen molar-refractivity contribution < 1.29 is 0 Å². The van der Waals surface area contributed by atoms with Gasteiger partial charge in [0.1, 0.15) is 0 Å². The lowest BCUT2D eigenvalue weighted by Crippen LogP contribution is -1.99. The molecule has 0 saturated carbocycles. The van der Waals surface area contributed by atoms with E-state index in [1.165, 1.54) is 42.1 Å². The van der Waals surface area contributed by atoms with Gasteiger partial charge in [0.2, 0.25) is 0 Å². The number of nitrogens with two attached hydrogens (primary N) is 1. The summed E-state index contributed by atoms with van der Waals surface area (Å²) in [6.07, 6.45) is 9.69. The van der Waals surface area contributed by atoms with Gasteiger partial charge in [0.05, 0.1) is 0 Å². The summed E-state index contributed by atoms with van der Waals surface area (Å²) in [5.41, 5.74) is 8.46. The van der Waals surface area contributed by atoms with Gasteiger partial charge in [-0.05, 0) is 43.9 Å². The fraction of sp³-hybridized carbons (Fsp3) is 0.529. The predicted octanol–water partition coefficient (Wildman–Crippen LogP) is 4.11. The first-order chi connectivity index (χ1) is 9.36. The average molecular weight is 258 g/mol. The molecule has 2 heteroatoms. The molecule has 0 amide bonds. The number of hydrogen-bond donors (Lipinski definition) is 1. The summed E-state index contributed by atoms with van der Waals surface area (Å²) < 4.78 is 2.43. The Balaban J connectivity index is 2.16. The Bertz CT molecular complexity index is 455. The van der Waals surface area contributed by atoms with E-state index in [4.69, 9.17) is 5.73 Å². The number of aromatic nitrogens is 1. The molecule has 2 rings (SSSR count). The van der Waals surface area contributed by atoms with Crippen molar-refractivity contribution in [1.29, 1.82) is 0 Å². The van der Waals surface area contributed by atoms with E-state index in [2.05, 4.69) is 42.0 Å². The molecule has 0 bridgehead atoms. The van der Waals surface area contributed by atoms with Gasteiger partial charge in [0.25, 0.3) is 0 Å². The maximum absolute atomic E-state index is 5.59. The summed E-state index contributed by atoms with van der Waals surface area (Å²) in [5.74, 6) is 0. The molecule has 0 atom stereocenters. The van der Waals surface area contributed by atoms with Gasteiger partial charge in [-0.25, -0.2) is 0 Å². The van der Waals surface area contributed by atoms with E-state index >= 15 is 0 Å².